The number of imidazole rings is 1. The number of hydrogen-bond donors (Lipinski definition) is 3. The number of carbonyl (C=O) groups excluding carboxylic acids is 3. The summed E-state index contributed by atoms with van der Waals surface area (Å²) >= 11 is 0. The summed E-state index contributed by atoms with van der Waals surface area (Å²) in [4.78, 5) is 45.4. The van der Waals surface area contributed by atoms with Gasteiger partial charge >= 0.3 is 0 Å². The Hall–Kier alpha value is -4.63. The summed E-state index contributed by atoms with van der Waals surface area (Å²) in [5.41, 5.74) is 4.53. The highest BCUT2D eigenvalue weighted by atomic mass is 35.5. The van der Waals surface area contributed by atoms with Crippen LogP contribution >= 0.6 is 0 Å². The van der Waals surface area contributed by atoms with Gasteiger partial charge in [-0.05, 0) is 47.4 Å². The molecular weight excluding hydrogens is 554 g/mol. The predicted molar refractivity (Wildman–Crippen MR) is 152 cm³/mol. The van der Waals surface area contributed by atoms with E-state index in [1.807, 2.05) is 72.9 Å². The maximum Gasteiger partial charge on any atom is 0.251 e. The molecule has 1 aliphatic heterocycles. The average Bonchev–Trinajstić information content (AvgIpc) is 3.66. The van der Waals surface area contributed by atoms with E-state index in [0.29, 0.717) is 50.4 Å². The second-order valence-corrected chi connectivity index (χ2v) is 10.0. The molecule has 1 aromatic heterocycles. The van der Waals surface area contributed by atoms with Crippen molar-refractivity contribution in [3.8, 4) is 5.75 Å². The Morgan fingerprint density at radius 1 is 0.929 bits per heavy atom. The van der Waals surface area contributed by atoms with Crippen LogP contribution in [0.3, 0.4) is 0 Å². The molecule has 42 heavy (non-hydrogen) atoms. The van der Waals surface area contributed by atoms with Crippen molar-refractivity contribution in [3.63, 3.8) is 0 Å². The summed E-state index contributed by atoms with van der Waals surface area (Å²) in [6.45, 7) is 1.72. The summed E-state index contributed by atoms with van der Waals surface area (Å²) in [6.07, 6.45) is 5.26. The first-order valence-corrected chi connectivity index (χ1v) is 13.8. The fourth-order valence-electron chi connectivity index (χ4n) is 4.79. The van der Waals surface area contributed by atoms with Crippen molar-refractivity contribution in [2.75, 3.05) is 6.54 Å². The molecule has 0 unspecified atom stereocenters. The van der Waals surface area contributed by atoms with Crippen LogP contribution in [0, 0.1) is 0 Å². The Labute approximate surface area is 251 Å². The normalized spacial score (nSPS) is 14.2. The maximum absolute atomic E-state index is 12.9. The molecule has 1 atom stereocenters. The molecule has 4 N–H and O–H groups in total. The lowest BCUT2D eigenvalue weighted by atomic mass is 10.1. The van der Waals surface area contributed by atoms with Crippen LogP contribution < -0.4 is 32.8 Å². The van der Waals surface area contributed by atoms with Gasteiger partial charge in [0.25, 0.3) is 5.91 Å². The predicted octanol–water partition coefficient (Wildman–Crippen LogP) is 0.192. The van der Waals surface area contributed by atoms with Crippen LogP contribution in [0.1, 0.15) is 45.6 Å². The minimum atomic E-state index is -0.453. The summed E-state index contributed by atoms with van der Waals surface area (Å²) in [7, 11) is 0. The van der Waals surface area contributed by atoms with E-state index in [4.69, 9.17) is 4.74 Å². The molecule has 0 spiro atoms. The molecule has 3 amide bonds. The number of nitrogens with one attached hydrogen (secondary N) is 4. The lowest BCUT2D eigenvalue weighted by Crippen LogP contribution is -3.00. The molecule has 1 saturated heterocycles. The van der Waals surface area contributed by atoms with Gasteiger partial charge in [-0.25, -0.2) is 4.98 Å². The molecule has 218 valence electrons. The van der Waals surface area contributed by atoms with E-state index >= 15 is 0 Å². The summed E-state index contributed by atoms with van der Waals surface area (Å²) in [5, 5.41) is 5.90. The fourth-order valence-corrected chi connectivity index (χ4v) is 4.79. The third kappa shape index (κ3) is 8.20. The molecule has 1 aliphatic rings. The zero-order valence-electron chi connectivity index (χ0n) is 23.1. The SMILES string of the molecule is O=C(NCCc1c[nH+]c[nH]1)c1ccc(COc2ccc(CNC(=O)[C@@H]3CCC(=O)N3Cc3ccccc3)cc2)cc1.[Cl-]. The molecule has 0 saturated carbocycles. The third-order valence-corrected chi connectivity index (χ3v) is 7.12. The van der Waals surface area contributed by atoms with Gasteiger partial charge in [-0.1, -0.05) is 54.6 Å². The first kappa shape index (κ1) is 30.3. The number of ether oxygens (including phenoxy) is 1. The van der Waals surface area contributed by atoms with E-state index in [1.165, 1.54) is 0 Å². The van der Waals surface area contributed by atoms with Crippen LogP contribution in [0.2, 0.25) is 0 Å². The van der Waals surface area contributed by atoms with E-state index < -0.39 is 6.04 Å². The minimum Gasteiger partial charge on any atom is -1.00 e. The van der Waals surface area contributed by atoms with Gasteiger partial charge in [-0.15, -0.1) is 0 Å². The van der Waals surface area contributed by atoms with E-state index in [-0.39, 0.29) is 30.1 Å². The lowest BCUT2D eigenvalue weighted by molar-refractivity contribution is -0.376. The zero-order valence-corrected chi connectivity index (χ0v) is 23.9. The van der Waals surface area contributed by atoms with Crippen molar-refractivity contribution < 1.29 is 36.5 Å². The number of benzene rings is 3. The van der Waals surface area contributed by atoms with Crippen molar-refractivity contribution in [2.24, 2.45) is 0 Å². The Morgan fingerprint density at radius 3 is 2.38 bits per heavy atom. The number of hydrogen-bond acceptors (Lipinski definition) is 4. The van der Waals surface area contributed by atoms with Crippen LogP contribution in [0.15, 0.2) is 91.4 Å². The van der Waals surface area contributed by atoms with E-state index in [2.05, 4.69) is 20.6 Å². The highest BCUT2D eigenvalue weighted by molar-refractivity contribution is 5.94. The Balaban J connectivity index is 0.00000405. The Morgan fingerprint density at radius 2 is 1.67 bits per heavy atom. The van der Waals surface area contributed by atoms with Crippen molar-refractivity contribution in [1.82, 2.24) is 20.5 Å². The largest absolute Gasteiger partial charge is 1.00 e. The molecule has 3 aromatic carbocycles. The number of halogens is 1. The van der Waals surface area contributed by atoms with Crippen molar-refractivity contribution in [1.29, 1.82) is 0 Å². The van der Waals surface area contributed by atoms with E-state index in [1.54, 1.807) is 23.4 Å². The molecule has 0 bridgehead atoms. The molecular formula is C32H34ClN5O4. The number of H-pyrrole nitrogens is 2. The number of aromatic amines is 2. The van der Waals surface area contributed by atoms with Crippen LogP contribution in [0.25, 0.3) is 0 Å². The molecule has 9 nitrogen and oxygen atoms in total. The van der Waals surface area contributed by atoms with Gasteiger partial charge in [0.2, 0.25) is 18.1 Å². The van der Waals surface area contributed by atoms with Crippen LogP contribution in [-0.4, -0.2) is 40.2 Å². The molecule has 2 heterocycles. The quantitative estimate of drug-likeness (QED) is 0.219. The van der Waals surface area contributed by atoms with Gasteiger partial charge in [0, 0.05) is 38.0 Å². The number of nitrogens with zero attached hydrogens (tertiary/aromatic N) is 1. The van der Waals surface area contributed by atoms with E-state index in [0.717, 1.165) is 28.8 Å². The van der Waals surface area contributed by atoms with Crippen molar-refractivity contribution in [2.45, 2.75) is 45.0 Å². The second kappa shape index (κ2) is 14.8. The van der Waals surface area contributed by atoms with Crippen molar-refractivity contribution >= 4 is 17.7 Å². The third-order valence-electron chi connectivity index (χ3n) is 7.12. The molecule has 0 aliphatic carbocycles. The topological polar surface area (TPSA) is 118 Å². The zero-order chi connectivity index (χ0) is 28.4. The molecule has 1 fully saturated rings. The van der Waals surface area contributed by atoms with Gasteiger partial charge in [-0.3, -0.25) is 19.4 Å². The van der Waals surface area contributed by atoms with Gasteiger partial charge in [0.15, 0.2) is 0 Å². The number of likely N-dealkylation sites (tertiary alicyclic amines) is 1. The van der Waals surface area contributed by atoms with Gasteiger partial charge < -0.3 is 32.7 Å². The van der Waals surface area contributed by atoms with Gasteiger partial charge in [-0.2, -0.15) is 0 Å². The summed E-state index contributed by atoms with van der Waals surface area (Å²) < 4.78 is 5.90. The van der Waals surface area contributed by atoms with Crippen LogP contribution in [0.5, 0.6) is 5.75 Å². The second-order valence-electron chi connectivity index (χ2n) is 10.0. The molecule has 4 aromatic rings. The smallest absolute Gasteiger partial charge is 0.251 e. The number of rotatable bonds is 12. The monoisotopic (exact) mass is 587 g/mol. The van der Waals surface area contributed by atoms with Crippen LogP contribution in [0.4, 0.5) is 0 Å². The Bertz CT molecular complexity index is 1440. The van der Waals surface area contributed by atoms with E-state index in [9.17, 15) is 14.4 Å². The van der Waals surface area contributed by atoms with Crippen molar-refractivity contribution in [3.05, 3.63) is 119 Å². The molecule has 5 rings (SSSR count). The standard InChI is InChI=1S/C32H33N5O4.ClH/c38-30-15-14-29(37(30)20-24-4-2-1-3-5-24)32(40)35-18-23-8-12-28(13-9-23)41-21-25-6-10-26(11-7-25)31(39)34-17-16-27-19-33-22-36-27;/h1-13,19,22,29H,14-18,20-21H2,(H,33,36)(H,34,39)(H,35,40);1H/t29-;/m0./s1. The van der Waals surface area contributed by atoms with Gasteiger partial charge in [0.05, 0.1) is 0 Å². The first-order chi connectivity index (χ1) is 20.0. The highest BCUT2D eigenvalue weighted by Crippen LogP contribution is 2.22. The highest BCUT2D eigenvalue weighted by Gasteiger charge is 2.35. The fraction of sp³-hybridized carbons (Fsp3) is 0.250. The number of aromatic nitrogens is 2. The average molecular weight is 588 g/mol. The summed E-state index contributed by atoms with van der Waals surface area (Å²) in [5.74, 6) is 0.470. The molecule has 10 heteroatoms. The Kier molecular flexibility index (Phi) is 10.7. The van der Waals surface area contributed by atoms with Gasteiger partial charge in [0.1, 0.15) is 30.3 Å². The first-order valence-electron chi connectivity index (χ1n) is 13.8. The minimum absolute atomic E-state index is 0. The lowest BCUT2D eigenvalue weighted by Gasteiger charge is -2.24. The van der Waals surface area contributed by atoms with Crippen LogP contribution in [-0.2, 0) is 35.7 Å². The summed E-state index contributed by atoms with van der Waals surface area (Å²) in [6, 6.07) is 24.2. The molecule has 0 radical (unpaired) electrons. The maximum atomic E-state index is 12.9. The number of carbonyl (C=O) groups is 3. The number of amides is 3.